The van der Waals surface area contributed by atoms with Gasteiger partial charge < -0.3 is 9.05 Å². The van der Waals surface area contributed by atoms with Crippen LogP contribution in [0.2, 0.25) is 0 Å². The van der Waals surface area contributed by atoms with Crippen LogP contribution in [0.1, 0.15) is 20.3 Å². The molecule has 0 amide bonds. The third-order valence-corrected chi connectivity index (χ3v) is 9.83. The molecule has 1 fully saturated rings. The van der Waals surface area contributed by atoms with Gasteiger partial charge in [-0.3, -0.25) is 0 Å². The topological polar surface area (TPSA) is 69.7 Å². The molecule has 102 valence electrons. The van der Waals surface area contributed by atoms with E-state index in [1.807, 2.05) is 0 Å². The van der Waals surface area contributed by atoms with Gasteiger partial charge in [0.15, 0.2) is 9.84 Å². The molecule has 1 heterocycles. The van der Waals surface area contributed by atoms with Crippen molar-refractivity contribution in [2.24, 2.45) is 0 Å². The fraction of sp³-hybridized carbons (Fsp3) is 1.00. The van der Waals surface area contributed by atoms with Crippen LogP contribution in [0.5, 0.6) is 0 Å². The summed E-state index contributed by atoms with van der Waals surface area (Å²) in [5.74, 6) is 0.0249. The van der Waals surface area contributed by atoms with E-state index in [1.165, 1.54) is 0 Å². The van der Waals surface area contributed by atoms with Crippen molar-refractivity contribution in [2.75, 3.05) is 19.0 Å². The van der Waals surface area contributed by atoms with Gasteiger partial charge in [0.25, 0.3) is 0 Å². The number of alkyl halides is 1. The van der Waals surface area contributed by atoms with Crippen LogP contribution in [0.25, 0.3) is 0 Å². The summed E-state index contributed by atoms with van der Waals surface area (Å²) < 4.78 is 44.3. The second-order valence-corrected chi connectivity index (χ2v) is 10.6. The number of hydrogen-bond acceptors (Lipinski definition) is 6. The third-order valence-electron chi connectivity index (χ3n) is 2.16. The summed E-state index contributed by atoms with van der Waals surface area (Å²) in [6.45, 7) is 0.607. The Morgan fingerprint density at radius 3 is 2.24 bits per heavy atom. The van der Waals surface area contributed by atoms with Crippen molar-refractivity contribution in [3.05, 3.63) is 0 Å². The van der Waals surface area contributed by atoms with E-state index in [1.54, 1.807) is 13.8 Å². The minimum atomic E-state index is -3.29. The molecule has 5 nitrogen and oxygen atoms in total. The molecule has 2 atom stereocenters. The molecular weight excluding hydrogens is 307 g/mol. The van der Waals surface area contributed by atoms with Gasteiger partial charge in [0, 0.05) is 5.25 Å². The normalized spacial score (nSPS) is 28.4. The molecule has 0 aliphatic carbocycles. The van der Waals surface area contributed by atoms with E-state index in [0.29, 0.717) is 6.42 Å². The van der Waals surface area contributed by atoms with Gasteiger partial charge in [0.05, 0.1) is 19.0 Å². The molecule has 0 aromatic rings. The lowest BCUT2D eigenvalue weighted by atomic mass is 10.4. The maximum Gasteiger partial charge on any atom is 0.389 e. The van der Waals surface area contributed by atoms with Crippen molar-refractivity contribution >= 4 is 39.6 Å². The zero-order valence-electron chi connectivity index (χ0n) is 9.67. The van der Waals surface area contributed by atoms with E-state index in [9.17, 15) is 13.0 Å². The first-order valence-electron chi connectivity index (χ1n) is 5.28. The lowest BCUT2D eigenvalue weighted by Crippen LogP contribution is -2.17. The smallest absolute Gasteiger partial charge is 0.301 e. The Balaban J connectivity index is 2.73. The Bertz CT molecular complexity index is 389. The van der Waals surface area contributed by atoms with Crippen molar-refractivity contribution in [1.82, 2.24) is 0 Å². The average molecular weight is 323 g/mol. The van der Waals surface area contributed by atoms with Gasteiger partial charge in [0.2, 0.25) is 0 Å². The van der Waals surface area contributed by atoms with Gasteiger partial charge in [-0.1, -0.05) is 0 Å². The number of halogens is 1. The molecule has 0 aromatic carbocycles. The summed E-state index contributed by atoms with van der Waals surface area (Å²) in [6.07, 6.45) is 0.380. The Labute approximate surface area is 111 Å². The molecule has 2 unspecified atom stereocenters. The first-order valence-corrected chi connectivity index (χ1v) is 10.5. The summed E-state index contributed by atoms with van der Waals surface area (Å²) in [5.41, 5.74) is 0. The predicted octanol–water partition coefficient (Wildman–Crippen LogP) is 2.65. The lowest BCUT2D eigenvalue weighted by Gasteiger charge is -2.20. The van der Waals surface area contributed by atoms with Crippen LogP contribution in [-0.2, 0) is 23.4 Å². The number of hydrogen-bond donors (Lipinski definition) is 0. The molecule has 9 heteroatoms. The summed E-state index contributed by atoms with van der Waals surface area (Å²) in [6, 6.07) is 0. The van der Waals surface area contributed by atoms with E-state index >= 15 is 0 Å². The Morgan fingerprint density at radius 1 is 1.35 bits per heavy atom. The van der Waals surface area contributed by atoms with E-state index < -0.39 is 26.6 Å². The molecule has 0 spiro atoms. The third kappa shape index (κ3) is 4.11. The van der Waals surface area contributed by atoms with E-state index in [4.69, 9.17) is 20.6 Å². The molecule has 0 aromatic heterocycles. The minimum absolute atomic E-state index is 0.0249. The van der Waals surface area contributed by atoms with Crippen molar-refractivity contribution in [2.45, 2.75) is 30.2 Å². The van der Waals surface area contributed by atoms with Crippen molar-refractivity contribution in [3.63, 3.8) is 0 Å². The van der Waals surface area contributed by atoms with Gasteiger partial charge in [-0.15, -0.1) is 11.6 Å². The van der Waals surface area contributed by atoms with E-state index in [2.05, 4.69) is 0 Å². The van der Waals surface area contributed by atoms with Gasteiger partial charge >= 0.3 is 6.80 Å². The molecule has 0 saturated carbocycles. The second kappa shape index (κ2) is 6.26. The molecule has 0 N–H and O–H groups in total. The quantitative estimate of drug-likeness (QED) is 0.553. The summed E-state index contributed by atoms with van der Waals surface area (Å²) >= 11 is 6.75. The molecule has 17 heavy (non-hydrogen) atoms. The van der Waals surface area contributed by atoms with Crippen LogP contribution in [0.3, 0.4) is 0 Å². The molecular formula is C8H16ClO5PS2. The van der Waals surface area contributed by atoms with Crippen LogP contribution >= 0.6 is 29.8 Å². The number of sulfone groups is 1. The van der Waals surface area contributed by atoms with Crippen molar-refractivity contribution < 1.29 is 22.0 Å². The van der Waals surface area contributed by atoms with E-state index in [0.717, 1.165) is 11.4 Å². The first-order chi connectivity index (χ1) is 7.84. The molecule has 1 aliphatic rings. The summed E-state index contributed by atoms with van der Waals surface area (Å²) in [7, 11) is -3.26. The molecule has 1 saturated heterocycles. The first kappa shape index (κ1) is 15.8. The highest BCUT2D eigenvalue weighted by Gasteiger charge is 2.44. The maximum atomic E-state index is 12.2. The zero-order chi connectivity index (χ0) is 13.1. The monoisotopic (exact) mass is 322 g/mol. The summed E-state index contributed by atoms with van der Waals surface area (Å²) in [4.78, 5) is 0. The molecule has 1 aliphatic heterocycles. The van der Waals surface area contributed by atoms with Crippen LogP contribution < -0.4 is 0 Å². The lowest BCUT2D eigenvalue weighted by molar-refractivity contribution is 0.236. The van der Waals surface area contributed by atoms with Crippen LogP contribution in [0, 0.1) is 0 Å². The zero-order valence-corrected chi connectivity index (χ0v) is 12.9. The minimum Gasteiger partial charge on any atom is -0.301 e. The number of rotatable bonds is 6. The Hall–Kier alpha value is 0.740. The molecule has 1 rings (SSSR count). The fourth-order valence-corrected chi connectivity index (χ4v) is 8.83. The Morgan fingerprint density at radius 2 is 1.88 bits per heavy atom. The molecule has 0 bridgehead atoms. The molecule has 0 radical (unpaired) electrons. The standard InChI is InChI=1S/C8H16ClO5PS2/c1-3-13-15(10,14-4-2)16-7-5-6-17(11,12)8(7)9/h7-8H,3-6H2,1-2H3. The summed E-state index contributed by atoms with van der Waals surface area (Å²) in [5, 5.41) is -0.439. The second-order valence-electron chi connectivity index (χ2n) is 3.43. The van der Waals surface area contributed by atoms with Crippen molar-refractivity contribution in [3.8, 4) is 0 Å². The maximum absolute atomic E-state index is 12.2. The SMILES string of the molecule is CCOP(=O)(OCC)SC1CCS(=O)(=O)C1Cl. The van der Waals surface area contributed by atoms with Crippen molar-refractivity contribution in [1.29, 1.82) is 0 Å². The highest BCUT2D eigenvalue weighted by atomic mass is 35.5. The van der Waals surface area contributed by atoms with Gasteiger partial charge in [-0.25, -0.2) is 13.0 Å². The predicted molar refractivity (Wildman–Crippen MR) is 70.3 cm³/mol. The van der Waals surface area contributed by atoms with Crippen LogP contribution in [0.15, 0.2) is 0 Å². The average Bonchev–Trinajstić information content (AvgIpc) is 2.46. The highest BCUT2D eigenvalue weighted by Crippen LogP contribution is 2.64. The Kier molecular flexibility index (Phi) is 5.82. The van der Waals surface area contributed by atoms with Crippen LogP contribution in [-0.4, -0.2) is 37.3 Å². The van der Waals surface area contributed by atoms with Gasteiger partial charge in [-0.2, -0.15) is 0 Å². The van der Waals surface area contributed by atoms with Crippen LogP contribution in [0.4, 0.5) is 0 Å². The highest BCUT2D eigenvalue weighted by molar-refractivity contribution is 8.55. The van der Waals surface area contributed by atoms with Gasteiger partial charge in [0.1, 0.15) is 4.71 Å². The fourth-order valence-electron chi connectivity index (χ4n) is 1.44. The largest absolute Gasteiger partial charge is 0.389 e. The van der Waals surface area contributed by atoms with E-state index in [-0.39, 0.29) is 19.0 Å². The van der Waals surface area contributed by atoms with Gasteiger partial charge in [-0.05, 0) is 31.7 Å².